The number of anilines is 2. The summed E-state index contributed by atoms with van der Waals surface area (Å²) in [5, 5.41) is 25.4. The maximum atomic E-state index is 13.6. The lowest BCUT2D eigenvalue weighted by molar-refractivity contribution is 0.112. The lowest BCUT2D eigenvalue weighted by atomic mass is 9.96. The van der Waals surface area contributed by atoms with Crippen LogP contribution in [-0.2, 0) is 0 Å². The second-order valence-electron chi connectivity index (χ2n) is 11.7. The van der Waals surface area contributed by atoms with Crippen molar-refractivity contribution in [1.82, 2.24) is 19.9 Å². The summed E-state index contributed by atoms with van der Waals surface area (Å²) in [6.07, 6.45) is 5.99. The number of carbonyl (C=O) groups excluding carboxylic acids is 1. The largest absolute Gasteiger partial charge is 0.506 e. The van der Waals surface area contributed by atoms with Gasteiger partial charge in [-0.1, -0.05) is 65.7 Å². The Morgan fingerprint density at radius 3 is 1.77 bits per heavy atom. The number of para-hydroxylation sites is 1. The molecule has 5 N–H and O–H groups in total. The molecule has 288 valence electrons. The van der Waals surface area contributed by atoms with E-state index in [4.69, 9.17) is 28.9 Å². The quantitative estimate of drug-likeness (QED) is 0.0985. The molecule has 15 heteroatoms. The van der Waals surface area contributed by atoms with E-state index < -0.39 is 23.5 Å². The van der Waals surface area contributed by atoms with Crippen LogP contribution in [0.3, 0.4) is 0 Å². The zero-order valence-electron chi connectivity index (χ0n) is 29.4. The second kappa shape index (κ2) is 19.7. The van der Waals surface area contributed by atoms with Gasteiger partial charge in [0.15, 0.2) is 6.29 Å². The third kappa shape index (κ3) is 11.4. The predicted octanol–water partition coefficient (Wildman–Crippen LogP) is 10.5. The molecule has 0 aliphatic carbocycles. The highest BCUT2D eigenvalue weighted by Gasteiger charge is 2.23. The zero-order chi connectivity index (χ0) is 40.9. The third-order valence-electron chi connectivity index (χ3n) is 7.83. The van der Waals surface area contributed by atoms with Crippen LogP contribution < -0.4 is 11.1 Å². The first-order valence-electron chi connectivity index (χ1n) is 16.6. The first-order chi connectivity index (χ1) is 27.4. The van der Waals surface area contributed by atoms with Gasteiger partial charge in [0.05, 0.1) is 23.5 Å². The Labute approximate surface area is 333 Å². The molecule has 0 saturated heterocycles. The highest BCUT2D eigenvalue weighted by molar-refractivity contribution is 6.33. The molecule has 1 unspecified atom stereocenters. The van der Waals surface area contributed by atoms with Gasteiger partial charge in [-0.15, -0.1) is 0 Å². The van der Waals surface area contributed by atoms with Gasteiger partial charge in [-0.05, 0) is 78.4 Å². The number of hydrogen-bond acceptors (Lipinski definition) is 9. The van der Waals surface area contributed by atoms with Gasteiger partial charge in [-0.2, -0.15) is 0 Å². The molecule has 1 atom stereocenters. The molecule has 4 aromatic carbocycles. The lowest BCUT2D eigenvalue weighted by Crippen LogP contribution is -2.14. The van der Waals surface area contributed by atoms with Crippen LogP contribution >= 0.6 is 23.2 Å². The molecule has 57 heavy (non-hydrogen) atoms. The lowest BCUT2D eigenvalue weighted by Gasteiger charge is -2.23. The maximum absolute atomic E-state index is 13.6. The molecule has 0 radical (unpaired) electrons. The van der Waals surface area contributed by atoms with Crippen molar-refractivity contribution >= 4 is 62.9 Å². The van der Waals surface area contributed by atoms with Gasteiger partial charge in [-0.3, -0.25) is 14.8 Å². The summed E-state index contributed by atoms with van der Waals surface area (Å²) >= 11 is 11.7. The highest BCUT2D eigenvalue weighted by Crippen LogP contribution is 2.38. The molecule has 0 saturated carbocycles. The molecule has 0 spiro atoms. The fraction of sp³-hybridized carbons (Fsp3) is 0.0238. The molecule has 4 heterocycles. The SMILES string of the molecule is Nc1ccc(F)cn1.O=Cc1ccc(F)cc1Cl.Oc1c(C(Nc2ccc(F)cn2)c2ccc(F)cc2Cl)ccc2cccnc12.Oc1cccc2cccnc12. The second-order valence-corrected chi connectivity index (χ2v) is 12.5. The number of fused-ring (bicyclic) bond motifs is 2. The van der Waals surface area contributed by atoms with Crippen LogP contribution in [0.5, 0.6) is 11.5 Å². The van der Waals surface area contributed by atoms with E-state index in [1.165, 1.54) is 54.6 Å². The van der Waals surface area contributed by atoms with E-state index >= 15 is 0 Å². The predicted molar refractivity (Wildman–Crippen MR) is 213 cm³/mol. The summed E-state index contributed by atoms with van der Waals surface area (Å²) in [5.41, 5.74) is 7.55. The van der Waals surface area contributed by atoms with Crippen LogP contribution in [0, 0.1) is 23.3 Å². The monoisotopic (exact) mass is 812 g/mol. The van der Waals surface area contributed by atoms with Crippen molar-refractivity contribution < 1.29 is 32.6 Å². The summed E-state index contributed by atoms with van der Waals surface area (Å²) in [7, 11) is 0. The van der Waals surface area contributed by atoms with E-state index in [2.05, 4.69) is 25.3 Å². The molecule has 4 aromatic heterocycles. The van der Waals surface area contributed by atoms with E-state index in [-0.39, 0.29) is 27.4 Å². The minimum Gasteiger partial charge on any atom is -0.506 e. The minimum absolute atomic E-state index is 0.0295. The Morgan fingerprint density at radius 1 is 0.614 bits per heavy atom. The molecular formula is C42H30Cl2F4N6O3. The van der Waals surface area contributed by atoms with E-state index in [1.54, 1.807) is 36.7 Å². The molecule has 0 amide bonds. The van der Waals surface area contributed by atoms with Crippen LogP contribution in [0.4, 0.5) is 29.2 Å². The summed E-state index contributed by atoms with van der Waals surface area (Å²) in [6.45, 7) is 0. The van der Waals surface area contributed by atoms with Crippen molar-refractivity contribution in [1.29, 1.82) is 0 Å². The number of benzene rings is 4. The fourth-order valence-electron chi connectivity index (χ4n) is 5.12. The van der Waals surface area contributed by atoms with Gasteiger partial charge >= 0.3 is 0 Å². The van der Waals surface area contributed by atoms with Gasteiger partial charge < -0.3 is 21.3 Å². The number of aldehydes is 1. The molecule has 0 aliphatic rings. The number of nitrogen functional groups attached to an aromatic ring is 1. The van der Waals surface area contributed by atoms with Crippen LogP contribution in [0.15, 0.2) is 140 Å². The number of carbonyl (C=O) groups is 1. The first kappa shape index (κ1) is 41.3. The molecule has 0 fully saturated rings. The number of aromatic nitrogens is 4. The molecule has 9 nitrogen and oxygen atoms in total. The summed E-state index contributed by atoms with van der Waals surface area (Å²) in [5.74, 6) is -0.828. The summed E-state index contributed by atoms with van der Waals surface area (Å²) < 4.78 is 51.0. The number of pyridine rings is 4. The van der Waals surface area contributed by atoms with Crippen molar-refractivity contribution in [3.8, 4) is 11.5 Å². The Hall–Kier alpha value is -6.83. The van der Waals surface area contributed by atoms with Crippen molar-refractivity contribution in [2.24, 2.45) is 0 Å². The van der Waals surface area contributed by atoms with Gasteiger partial charge in [0.2, 0.25) is 0 Å². The molecule has 8 rings (SSSR count). The standard InChI is InChI=1S/C21H14ClF2N3O.C9H7NO.C7H4ClFO.C5H5FN2/c22-17-10-13(23)4-7-15(17)20(27-18-8-5-14(24)11-26-18)16-6-3-12-2-1-9-25-19(12)21(16)28;11-8-5-1-3-7-4-2-6-10-9(7)8;8-7-3-6(9)2-1-5(7)4-10;6-4-1-2-5(7)8-3-4/h1-11,20,28H,(H,26,27);1-6,11H;1-4H;1-3H,(H2,7,8). The number of nitrogens with one attached hydrogen (secondary N) is 1. The Kier molecular flexibility index (Phi) is 14.3. The number of nitrogens with zero attached hydrogens (tertiary/aromatic N) is 4. The Morgan fingerprint density at radius 2 is 1.19 bits per heavy atom. The number of hydrogen-bond donors (Lipinski definition) is 4. The summed E-state index contributed by atoms with van der Waals surface area (Å²) in [6, 6.07) is 28.7. The van der Waals surface area contributed by atoms with Gasteiger partial charge in [0.25, 0.3) is 0 Å². The number of phenols is 2. The van der Waals surface area contributed by atoms with E-state index in [9.17, 15) is 32.6 Å². The van der Waals surface area contributed by atoms with E-state index in [0.29, 0.717) is 45.6 Å². The van der Waals surface area contributed by atoms with E-state index in [0.717, 1.165) is 29.2 Å². The average molecular weight is 814 g/mol. The van der Waals surface area contributed by atoms with Crippen LogP contribution in [-0.4, -0.2) is 36.4 Å². The van der Waals surface area contributed by atoms with Crippen molar-refractivity contribution in [3.63, 3.8) is 0 Å². The van der Waals surface area contributed by atoms with Crippen molar-refractivity contribution in [2.75, 3.05) is 11.1 Å². The third-order valence-corrected chi connectivity index (χ3v) is 8.49. The van der Waals surface area contributed by atoms with Crippen LogP contribution in [0.2, 0.25) is 10.0 Å². The first-order valence-corrected chi connectivity index (χ1v) is 17.4. The topological polar surface area (TPSA) is 147 Å². The Balaban J connectivity index is 0.000000173. The van der Waals surface area contributed by atoms with Gasteiger partial charge in [-0.25, -0.2) is 27.5 Å². The number of aromatic hydroxyl groups is 2. The van der Waals surface area contributed by atoms with Crippen molar-refractivity contribution in [2.45, 2.75) is 6.04 Å². The van der Waals surface area contributed by atoms with Crippen LogP contribution in [0.1, 0.15) is 27.5 Å². The minimum atomic E-state index is -0.669. The molecule has 0 aliphatic heterocycles. The zero-order valence-corrected chi connectivity index (χ0v) is 30.9. The number of phenolic OH excluding ortho intramolecular Hbond substituents is 2. The number of halogens is 6. The van der Waals surface area contributed by atoms with E-state index in [1.807, 2.05) is 30.3 Å². The van der Waals surface area contributed by atoms with Crippen molar-refractivity contribution in [3.05, 3.63) is 190 Å². The normalized spacial score (nSPS) is 10.8. The highest BCUT2D eigenvalue weighted by atomic mass is 35.5. The maximum Gasteiger partial charge on any atom is 0.151 e. The Bertz CT molecular complexity index is 2580. The molecule has 8 aromatic rings. The average Bonchev–Trinajstić information content (AvgIpc) is 3.21. The summed E-state index contributed by atoms with van der Waals surface area (Å²) in [4.78, 5) is 25.9. The van der Waals surface area contributed by atoms with Crippen LogP contribution in [0.25, 0.3) is 21.8 Å². The molecular weight excluding hydrogens is 783 g/mol. The number of nitrogens with two attached hydrogens (primary N) is 1. The molecule has 0 bridgehead atoms. The van der Waals surface area contributed by atoms with Gasteiger partial charge in [0.1, 0.15) is 57.4 Å². The smallest absolute Gasteiger partial charge is 0.151 e. The number of rotatable bonds is 5. The fourth-order valence-corrected chi connectivity index (χ4v) is 5.61. The van der Waals surface area contributed by atoms with Gasteiger partial charge in [0, 0.05) is 39.3 Å².